The van der Waals surface area contributed by atoms with Crippen LogP contribution in [0.3, 0.4) is 0 Å². The van der Waals surface area contributed by atoms with Gasteiger partial charge in [0.1, 0.15) is 5.60 Å². The van der Waals surface area contributed by atoms with E-state index in [1.165, 1.54) is 16.7 Å². The highest BCUT2D eigenvalue weighted by molar-refractivity contribution is 7.98. The van der Waals surface area contributed by atoms with Crippen molar-refractivity contribution in [3.05, 3.63) is 34.9 Å². The largest absolute Gasteiger partial charge is 0.444 e. The zero-order chi connectivity index (χ0) is 16.0. The number of alkyl carbamates (subject to hydrolysis) is 1. The molecule has 118 valence electrons. The molecule has 0 aliphatic heterocycles. The maximum absolute atomic E-state index is 11.9. The van der Waals surface area contributed by atoms with Crippen molar-refractivity contribution in [3.8, 4) is 0 Å². The quantitative estimate of drug-likeness (QED) is 0.890. The molecule has 1 atom stereocenters. The number of nitrogens with one attached hydrogen (secondary N) is 1. The first-order valence-electron chi connectivity index (χ1n) is 7.26. The summed E-state index contributed by atoms with van der Waals surface area (Å²) in [4.78, 5) is 11.9. The number of carbonyl (C=O) groups excluding carboxylic acids is 1. The second kappa shape index (κ2) is 7.74. The van der Waals surface area contributed by atoms with E-state index in [0.29, 0.717) is 0 Å². The molecule has 0 aromatic heterocycles. The molecule has 3 nitrogen and oxygen atoms in total. The van der Waals surface area contributed by atoms with E-state index in [2.05, 4.69) is 37.4 Å². The Morgan fingerprint density at radius 1 is 1.33 bits per heavy atom. The van der Waals surface area contributed by atoms with E-state index in [1.54, 1.807) is 11.8 Å². The van der Waals surface area contributed by atoms with Crippen LogP contribution in [-0.4, -0.2) is 29.7 Å². The van der Waals surface area contributed by atoms with Crippen LogP contribution < -0.4 is 5.32 Å². The summed E-state index contributed by atoms with van der Waals surface area (Å²) < 4.78 is 5.34. The van der Waals surface area contributed by atoms with E-state index in [0.717, 1.165) is 12.2 Å². The van der Waals surface area contributed by atoms with Crippen LogP contribution in [0, 0.1) is 13.8 Å². The molecule has 0 radical (unpaired) electrons. The number of hydrogen-bond acceptors (Lipinski definition) is 3. The van der Waals surface area contributed by atoms with Crippen LogP contribution in [-0.2, 0) is 11.2 Å². The van der Waals surface area contributed by atoms with Crippen molar-refractivity contribution >= 4 is 17.9 Å². The first-order valence-corrected chi connectivity index (χ1v) is 8.65. The van der Waals surface area contributed by atoms with E-state index in [9.17, 15) is 4.79 Å². The SMILES string of the molecule is CSCC(Cc1ccc(C)cc1C)NC(=O)OC(C)(C)C. The smallest absolute Gasteiger partial charge is 0.407 e. The first kappa shape index (κ1) is 17.9. The van der Waals surface area contributed by atoms with Gasteiger partial charge in [-0.1, -0.05) is 23.8 Å². The van der Waals surface area contributed by atoms with Crippen LogP contribution in [0.25, 0.3) is 0 Å². The average molecular weight is 309 g/mol. The summed E-state index contributed by atoms with van der Waals surface area (Å²) in [7, 11) is 0. The van der Waals surface area contributed by atoms with E-state index in [4.69, 9.17) is 4.74 Å². The van der Waals surface area contributed by atoms with Gasteiger partial charge in [-0.2, -0.15) is 11.8 Å². The molecule has 1 aromatic rings. The van der Waals surface area contributed by atoms with E-state index in [-0.39, 0.29) is 12.1 Å². The van der Waals surface area contributed by atoms with Crippen molar-refractivity contribution < 1.29 is 9.53 Å². The molecule has 1 rings (SSSR count). The summed E-state index contributed by atoms with van der Waals surface area (Å²) in [5, 5.41) is 2.98. The number of benzene rings is 1. The Morgan fingerprint density at radius 2 is 2.00 bits per heavy atom. The fraction of sp³-hybridized carbons (Fsp3) is 0.588. The third kappa shape index (κ3) is 6.89. The molecule has 0 saturated carbocycles. The summed E-state index contributed by atoms with van der Waals surface area (Å²) in [6.45, 7) is 9.84. The van der Waals surface area contributed by atoms with Crippen LogP contribution in [0.15, 0.2) is 18.2 Å². The number of amides is 1. The maximum Gasteiger partial charge on any atom is 0.407 e. The monoisotopic (exact) mass is 309 g/mol. The lowest BCUT2D eigenvalue weighted by molar-refractivity contribution is 0.0509. The molecule has 0 fully saturated rings. The van der Waals surface area contributed by atoms with Gasteiger partial charge < -0.3 is 10.1 Å². The number of ether oxygens (including phenoxy) is 1. The normalized spacial score (nSPS) is 12.9. The fourth-order valence-electron chi connectivity index (χ4n) is 2.17. The van der Waals surface area contributed by atoms with Crippen LogP contribution >= 0.6 is 11.8 Å². The average Bonchev–Trinajstić information content (AvgIpc) is 2.30. The number of aryl methyl sites for hydroxylation is 2. The molecule has 0 heterocycles. The van der Waals surface area contributed by atoms with Crippen LogP contribution in [0.1, 0.15) is 37.5 Å². The minimum Gasteiger partial charge on any atom is -0.444 e. The van der Waals surface area contributed by atoms with Gasteiger partial charge in [0.25, 0.3) is 0 Å². The van der Waals surface area contributed by atoms with Crippen molar-refractivity contribution in [1.29, 1.82) is 0 Å². The van der Waals surface area contributed by atoms with E-state index < -0.39 is 5.60 Å². The third-order valence-corrected chi connectivity index (χ3v) is 3.79. The van der Waals surface area contributed by atoms with Gasteiger partial charge in [-0.3, -0.25) is 0 Å². The molecule has 1 unspecified atom stereocenters. The van der Waals surface area contributed by atoms with Crippen molar-refractivity contribution in [2.45, 2.75) is 52.7 Å². The minimum atomic E-state index is -0.465. The van der Waals surface area contributed by atoms with Gasteiger partial charge in [0.05, 0.1) is 0 Å². The summed E-state index contributed by atoms with van der Waals surface area (Å²) >= 11 is 1.73. The Bertz CT molecular complexity index is 480. The Labute approximate surface area is 132 Å². The summed E-state index contributed by atoms with van der Waals surface area (Å²) in [6, 6.07) is 6.52. The molecule has 21 heavy (non-hydrogen) atoms. The molecule has 1 amide bonds. The van der Waals surface area contributed by atoms with Crippen molar-refractivity contribution in [2.24, 2.45) is 0 Å². The highest BCUT2D eigenvalue weighted by atomic mass is 32.2. The minimum absolute atomic E-state index is 0.0799. The molecule has 0 aliphatic carbocycles. The first-order chi connectivity index (χ1) is 9.71. The molecule has 1 N–H and O–H groups in total. The highest BCUT2D eigenvalue weighted by Gasteiger charge is 2.20. The van der Waals surface area contributed by atoms with Crippen LogP contribution in [0.5, 0.6) is 0 Å². The fourth-order valence-corrected chi connectivity index (χ4v) is 2.77. The predicted molar refractivity (Wildman–Crippen MR) is 91.2 cm³/mol. The zero-order valence-electron chi connectivity index (χ0n) is 13.9. The number of hydrogen-bond donors (Lipinski definition) is 1. The van der Waals surface area contributed by atoms with Crippen molar-refractivity contribution in [3.63, 3.8) is 0 Å². The Morgan fingerprint density at radius 3 is 2.52 bits per heavy atom. The topological polar surface area (TPSA) is 38.3 Å². The Hall–Kier alpha value is -1.16. The molecule has 4 heteroatoms. The molecule has 1 aromatic carbocycles. The number of rotatable bonds is 5. The van der Waals surface area contributed by atoms with Crippen LogP contribution in [0.2, 0.25) is 0 Å². The van der Waals surface area contributed by atoms with E-state index in [1.807, 2.05) is 27.0 Å². The third-order valence-electron chi connectivity index (χ3n) is 3.05. The van der Waals surface area contributed by atoms with Gasteiger partial charge in [0.2, 0.25) is 0 Å². The summed E-state index contributed by atoms with van der Waals surface area (Å²) in [6.07, 6.45) is 2.53. The lowest BCUT2D eigenvalue weighted by Crippen LogP contribution is -2.41. The molecule has 0 bridgehead atoms. The van der Waals surface area contributed by atoms with Gasteiger partial charge in [-0.25, -0.2) is 4.79 Å². The highest BCUT2D eigenvalue weighted by Crippen LogP contribution is 2.15. The predicted octanol–water partition coefficient (Wildman–Crippen LogP) is 4.10. The second-order valence-electron chi connectivity index (χ2n) is 6.43. The molecule has 0 saturated heterocycles. The van der Waals surface area contributed by atoms with Crippen molar-refractivity contribution in [2.75, 3.05) is 12.0 Å². The standard InChI is InChI=1S/C17H27NO2S/c1-12-7-8-14(13(2)9-12)10-15(11-21-6)18-16(19)20-17(3,4)5/h7-9,15H,10-11H2,1-6H3,(H,18,19). The summed E-state index contributed by atoms with van der Waals surface area (Å²) in [5.41, 5.74) is 3.34. The molecular formula is C17H27NO2S. The summed E-state index contributed by atoms with van der Waals surface area (Å²) in [5.74, 6) is 0.868. The second-order valence-corrected chi connectivity index (χ2v) is 7.34. The van der Waals surface area contributed by atoms with Gasteiger partial charge in [0, 0.05) is 11.8 Å². The Kier molecular flexibility index (Phi) is 6.59. The molecule has 0 aliphatic rings. The molecule has 0 spiro atoms. The molecular weight excluding hydrogens is 282 g/mol. The van der Waals surface area contributed by atoms with Crippen LogP contribution in [0.4, 0.5) is 4.79 Å². The Balaban J connectivity index is 2.71. The van der Waals surface area contributed by atoms with E-state index >= 15 is 0 Å². The van der Waals surface area contributed by atoms with Gasteiger partial charge in [-0.05, 0) is 58.4 Å². The van der Waals surface area contributed by atoms with Crippen molar-refractivity contribution in [1.82, 2.24) is 5.32 Å². The lowest BCUT2D eigenvalue weighted by atomic mass is 10.00. The lowest BCUT2D eigenvalue weighted by Gasteiger charge is -2.24. The maximum atomic E-state index is 11.9. The number of carbonyl (C=O) groups is 1. The van der Waals surface area contributed by atoms with Gasteiger partial charge >= 0.3 is 6.09 Å². The van der Waals surface area contributed by atoms with Gasteiger partial charge in [0.15, 0.2) is 0 Å². The van der Waals surface area contributed by atoms with Gasteiger partial charge in [-0.15, -0.1) is 0 Å². The number of thioether (sulfide) groups is 1. The zero-order valence-corrected chi connectivity index (χ0v) is 14.8.